The van der Waals surface area contributed by atoms with Crippen molar-refractivity contribution in [3.05, 3.63) is 35.9 Å². The van der Waals surface area contributed by atoms with E-state index in [0.29, 0.717) is 0 Å². The molecular formula is C14H18BrNO3. The lowest BCUT2D eigenvalue weighted by molar-refractivity contribution is -0.117. The Morgan fingerprint density at radius 1 is 1.26 bits per heavy atom. The molecule has 0 spiro atoms. The molecule has 1 amide bonds. The van der Waals surface area contributed by atoms with E-state index in [4.69, 9.17) is 4.74 Å². The van der Waals surface area contributed by atoms with Gasteiger partial charge in [0.2, 0.25) is 0 Å². The van der Waals surface area contributed by atoms with Crippen LogP contribution in [-0.4, -0.2) is 34.7 Å². The van der Waals surface area contributed by atoms with Gasteiger partial charge in [0.25, 0.3) is 0 Å². The van der Waals surface area contributed by atoms with Crippen molar-refractivity contribution >= 4 is 27.8 Å². The first-order valence-electron chi connectivity index (χ1n) is 6.09. The molecule has 0 aliphatic carbocycles. The topological polar surface area (TPSA) is 46.6 Å². The summed E-state index contributed by atoms with van der Waals surface area (Å²) in [5.74, 6) is -0.0506. The molecule has 0 atom stereocenters. The van der Waals surface area contributed by atoms with Gasteiger partial charge in [-0.15, -0.1) is 0 Å². The number of carbonyl (C=O) groups is 2. The predicted octanol–water partition coefficient (Wildman–Crippen LogP) is 3.00. The minimum absolute atomic E-state index is 0.0506. The van der Waals surface area contributed by atoms with E-state index in [1.165, 1.54) is 4.90 Å². The summed E-state index contributed by atoms with van der Waals surface area (Å²) in [5.41, 5.74) is 0.923. The van der Waals surface area contributed by atoms with Crippen LogP contribution < -0.4 is 0 Å². The van der Waals surface area contributed by atoms with E-state index in [-0.39, 0.29) is 30.3 Å². The maximum atomic E-state index is 11.9. The first-order valence-corrected chi connectivity index (χ1v) is 7.21. The van der Waals surface area contributed by atoms with Crippen LogP contribution in [0, 0.1) is 0 Å². The third kappa shape index (κ3) is 5.42. The Balaban J connectivity index is 2.55. The lowest BCUT2D eigenvalue weighted by atomic mass is 10.2. The minimum atomic E-state index is -0.465. The van der Waals surface area contributed by atoms with Gasteiger partial charge in [-0.2, -0.15) is 0 Å². The van der Waals surface area contributed by atoms with Crippen LogP contribution in [0.25, 0.3) is 0 Å². The number of halogens is 1. The van der Waals surface area contributed by atoms with E-state index in [1.54, 1.807) is 0 Å². The molecule has 4 nitrogen and oxygen atoms in total. The number of carbonyl (C=O) groups excluding carboxylic acids is 2. The van der Waals surface area contributed by atoms with Crippen molar-refractivity contribution in [2.24, 2.45) is 0 Å². The van der Waals surface area contributed by atoms with Crippen molar-refractivity contribution in [3.8, 4) is 0 Å². The van der Waals surface area contributed by atoms with Crippen LogP contribution in [-0.2, 0) is 16.1 Å². The van der Waals surface area contributed by atoms with Gasteiger partial charge in [0.1, 0.15) is 6.61 Å². The first kappa shape index (κ1) is 15.7. The Labute approximate surface area is 121 Å². The van der Waals surface area contributed by atoms with Crippen LogP contribution in [0.2, 0.25) is 0 Å². The van der Waals surface area contributed by atoms with Crippen molar-refractivity contribution in [3.63, 3.8) is 0 Å². The monoisotopic (exact) mass is 327 g/mol. The Bertz CT molecular complexity index is 420. The number of amides is 1. The summed E-state index contributed by atoms with van der Waals surface area (Å²) in [5, 5.41) is 0.238. The average molecular weight is 328 g/mol. The number of nitrogens with zero attached hydrogens (tertiary/aromatic N) is 1. The Hall–Kier alpha value is -1.36. The summed E-state index contributed by atoms with van der Waals surface area (Å²) in [6.45, 7) is 3.98. The molecule has 0 saturated heterocycles. The number of ether oxygens (including phenoxy) is 1. The number of ketones is 1. The van der Waals surface area contributed by atoms with E-state index in [2.05, 4.69) is 15.9 Å². The summed E-state index contributed by atoms with van der Waals surface area (Å²) >= 11 is 3.09. The van der Waals surface area contributed by atoms with Gasteiger partial charge in [-0.25, -0.2) is 4.79 Å². The largest absolute Gasteiger partial charge is 0.445 e. The Kier molecular flexibility index (Phi) is 6.56. The molecule has 1 aromatic carbocycles. The molecular weight excluding hydrogens is 310 g/mol. The second-order valence-electron chi connectivity index (χ2n) is 4.43. The molecule has 1 aromatic rings. The van der Waals surface area contributed by atoms with Gasteiger partial charge in [0.05, 0.1) is 11.9 Å². The van der Waals surface area contributed by atoms with Crippen molar-refractivity contribution in [2.45, 2.75) is 26.5 Å². The molecule has 0 aliphatic rings. The lowest BCUT2D eigenvalue weighted by Gasteiger charge is -2.25. The van der Waals surface area contributed by atoms with Crippen LogP contribution in [0.1, 0.15) is 19.4 Å². The van der Waals surface area contributed by atoms with Gasteiger partial charge in [-0.1, -0.05) is 46.3 Å². The smallest absolute Gasteiger partial charge is 0.410 e. The number of hydrogen-bond donors (Lipinski definition) is 0. The SMILES string of the molecule is CC(C)N(CC(=O)CBr)C(=O)OCc1ccccc1. The van der Waals surface area contributed by atoms with Crippen LogP contribution in [0.5, 0.6) is 0 Å². The highest BCUT2D eigenvalue weighted by Crippen LogP contribution is 2.06. The molecule has 0 N–H and O–H groups in total. The average Bonchev–Trinajstić information content (AvgIpc) is 2.42. The van der Waals surface area contributed by atoms with Crippen molar-refractivity contribution in [1.29, 1.82) is 0 Å². The van der Waals surface area contributed by atoms with Gasteiger partial charge in [-0.3, -0.25) is 9.69 Å². The van der Waals surface area contributed by atoms with E-state index >= 15 is 0 Å². The number of Topliss-reactive ketones (excluding diaryl/α,β-unsaturated/α-hetero) is 1. The highest BCUT2D eigenvalue weighted by Gasteiger charge is 2.20. The van der Waals surface area contributed by atoms with Crippen LogP contribution in [0.3, 0.4) is 0 Å². The molecule has 0 radical (unpaired) electrons. The number of hydrogen-bond acceptors (Lipinski definition) is 3. The van der Waals surface area contributed by atoms with E-state index in [9.17, 15) is 9.59 Å². The van der Waals surface area contributed by atoms with Crippen LogP contribution in [0.15, 0.2) is 30.3 Å². The van der Waals surface area contributed by atoms with Crippen molar-refractivity contribution in [2.75, 3.05) is 11.9 Å². The van der Waals surface area contributed by atoms with Crippen LogP contribution in [0.4, 0.5) is 4.79 Å². The normalized spacial score (nSPS) is 10.3. The lowest BCUT2D eigenvalue weighted by Crippen LogP contribution is -2.41. The van der Waals surface area contributed by atoms with Crippen LogP contribution >= 0.6 is 15.9 Å². The van der Waals surface area contributed by atoms with E-state index < -0.39 is 6.09 Å². The standard InChI is InChI=1S/C14H18BrNO3/c1-11(2)16(9-13(17)8-15)14(18)19-10-12-6-4-3-5-7-12/h3-7,11H,8-10H2,1-2H3. The summed E-state index contributed by atoms with van der Waals surface area (Å²) in [7, 11) is 0. The molecule has 0 aliphatic heterocycles. The molecule has 1 rings (SSSR count). The second kappa shape index (κ2) is 7.94. The van der Waals surface area contributed by atoms with E-state index in [1.807, 2.05) is 44.2 Å². The molecule has 0 saturated carbocycles. The zero-order valence-corrected chi connectivity index (χ0v) is 12.7. The van der Waals surface area contributed by atoms with Crippen molar-refractivity contribution < 1.29 is 14.3 Å². The molecule has 5 heteroatoms. The molecule has 0 bridgehead atoms. The molecule has 0 fully saturated rings. The molecule has 19 heavy (non-hydrogen) atoms. The maximum absolute atomic E-state index is 11.9. The zero-order valence-electron chi connectivity index (χ0n) is 11.1. The zero-order chi connectivity index (χ0) is 14.3. The van der Waals surface area contributed by atoms with Crippen molar-refractivity contribution in [1.82, 2.24) is 4.90 Å². The first-order chi connectivity index (χ1) is 9.04. The number of alkyl halides is 1. The highest BCUT2D eigenvalue weighted by molar-refractivity contribution is 9.09. The second-order valence-corrected chi connectivity index (χ2v) is 4.99. The number of benzene rings is 1. The predicted molar refractivity (Wildman–Crippen MR) is 77.3 cm³/mol. The summed E-state index contributed by atoms with van der Waals surface area (Å²) in [6, 6.07) is 9.37. The fourth-order valence-corrected chi connectivity index (χ4v) is 1.67. The van der Waals surface area contributed by atoms with Gasteiger partial charge in [-0.05, 0) is 19.4 Å². The van der Waals surface area contributed by atoms with E-state index in [0.717, 1.165) is 5.56 Å². The fraction of sp³-hybridized carbons (Fsp3) is 0.429. The van der Waals surface area contributed by atoms with Gasteiger partial charge < -0.3 is 4.74 Å². The summed E-state index contributed by atoms with van der Waals surface area (Å²) in [6.07, 6.45) is -0.465. The minimum Gasteiger partial charge on any atom is -0.445 e. The molecule has 0 aromatic heterocycles. The Morgan fingerprint density at radius 3 is 2.42 bits per heavy atom. The Morgan fingerprint density at radius 2 is 1.89 bits per heavy atom. The molecule has 104 valence electrons. The third-order valence-corrected chi connectivity index (χ3v) is 3.18. The quantitative estimate of drug-likeness (QED) is 0.754. The highest BCUT2D eigenvalue weighted by atomic mass is 79.9. The molecule has 0 unspecified atom stereocenters. The van der Waals surface area contributed by atoms with Gasteiger partial charge >= 0.3 is 6.09 Å². The molecule has 0 heterocycles. The summed E-state index contributed by atoms with van der Waals surface area (Å²) in [4.78, 5) is 24.8. The third-order valence-electron chi connectivity index (χ3n) is 2.56. The summed E-state index contributed by atoms with van der Waals surface area (Å²) < 4.78 is 5.22. The van der Waals surface area contributed by atoms with Gasteiger partial charge in [0, 0.05) is 6.04 Å². The maximum Gasteiger partial charge on any atom is 0.410 e. The van der Waals surface area contributed by atoms with Gasteiger partial charge in [0.15, 0.2) is 5.78 Å². The number of rotatable bonds is 6. The fourth-order valence-electron chi connectivity index (χ4n) is 1.49.